The molecular weight excluding hydrogens is 364 g/mol. The molecular formula is C23H28N4O2. The average Bonchev–Trinajstić information content (AvgIpc) is 3.45. The monoisotopic (exact) mass is 392 g/mol. The highest BCUT2D eigenvalue weighted by Gasteiger charge is 2.27. The topological polar surface area (TPSA) is 67.2 Å². The molecule has 1 aromatic carbocycles. The summed E-state index contributed by atoms with van der Waals surface area (Å²) in [6, 6.07) is 12.1. The molecule has 29 heavy (non-hydrogen) atoms. The van der Waals surface area contributed by atoms with Crippen LogP contribution in [0.3, 0.4) is 0 Å². The summed E-state index contributed by atoms with van der Waals surface area (Å²) in [6.45, 7) is 1.48. The molecule has 0 unspecified atom stereocenters. The van der Waals surface area contributed by atoms with Crippen molar-refractivity contribution in [3.8, 4) is 0 Å². The Labute approximate surface area is 171 Å². The van der Waals surface area contributed by atoms with Gasteiger partial charge in [-0.15, -0.1) is 0 Å². The zero-order valence-electron chi connectivity index (χ0n) is 16.7. The molecule has 0 radical (unpaired) electrons. The van der Waals surface area contributed by atoms with Crippen LogP contribution in [0.5, 0.6) is 0 Å². The predicted octanol–water partition coefficient (Wildman–Crippen LogP) is 3.73. The van der Waals surface area contributed by atoms with Crippen molar-refractivity contribution in [1.82, 2.24) is 14.7 Å². The third-order valence-electron chi connectivity index (χ3n) is 5.83. The van der Waals surface area contributed by atoms with E-state index in [1.54, 1.807) is 6.20 Å². The van der Waals surface area contributed by atoms with Gasteiger partial charge >= 0.3 is 0 Å². The van der Waals surface area contributed by atoms with Gasteiger partial charge in [0.15, 0.2) is 0 Å². The number of nitrogens with one attached hydrogen (secondary N) is 1. The van der Waals surface area contributed by atoms with Crippen molar-refractivity contribution in [3.63, 3.8) is 0 Å². The Kier molecular flexibility index (Phi) is 6.08. The lowest BCUT2D eigenvalue weighted by molar-refractivity contribution is -0.128. The number of aryl methyl sites for hydroxylation is 1. The maximum atomic E-state index is 12.6. The van der Waals surface area contributed by atoms with Gasteiger partial charge in [0.1, 0.15) is 5.82 Å². The van der Waals surface area contributed by atoms with Gasteiger partial charge in [0.25, 0.3) is 0 Å². The fraction of sp³-hybridized carbons (Fsp3) is 0.435. The van der Waals surface area contributed by atoms with Gasteiger partial charge in [-0.2, -0.15) is 5.10 Å². The van der Waals surface area contributed by atoms with Gasteiger partial charge in [-0.05, 0) is 44.1 Å². The van der Waals surface area contributed by atoms with E-state index in [2.05, 4.69) is 16.5 Å². The first-order valence-electron chi connectivity index (χ1n) is 10.6. The Morgan fingerprint density at radius 3 is 2.62 bits per heavy atom. The Hall–Kier alpha value is -2.89. The van der Waals surface area contributed by atoms with E-state index in [0.717, 1.165) is 68.6 Å². The lowest BCUT2D eigenvalue weighted by atomic mass is 10.0. The van der Waals surface area contributed by atoms with Crippen LogP contribution in [0.1, 0.15) is 50.1 Å². The highest BCUT2D eigenvalue weighted by atomic mass is 16.2. The lowest BCUT2D eigenvalue weighted by Crippen LogP contribution is -2.40. The molecule has 2 aliphatic rings. The second kappa shape index (κ2) is 9.07. The van der Waals surface area contributed by atoms with Crippen LogP contribution in [-0.2, 0) is 16.0 Å². The largest absolute Gasteiger partial charge is 0.339 e. The normalized spacial score (nSPS) is 17.2. The molecule has 1 saturated heterocycles. The summed E-state index contributed by atoms with van der Waals surface area (Å²) in [4.78, 5) is 26.9. The number of amides is 2. The maximum absolute atomic E-state index is 12.6. The van der Waals surface area contributed by atoms with Crippen molar-refractivity contribution in [2.75, 3.05) is 18.4 Å². The molecule has 1 aliphatic carbocycles. The van der Waals surface area contributed by atoms with Crippen molar-refractivity contribution in [3.05, 3.63) is 59.8 Å². The van der Waals surface area contributed by atoms with Crippen LogP contribution in [0.15, 0.2) is 54.2 Å². The number of hydrogen-bond donors (Lipinski definition) is 1. The van der Waals surface area contributed by atoms with E-state index in [0.29, 0.717) is 6.42 Å². The summed E-state index contributed by atoms with van der Waals surface area (Å²) in [7, 11) is 0. The SMILES string of the molecule is O=C(CCc1ccccc1)Nc1ccnn1C1CCN(C(=O)C2=CCCC2)CC1. The minimum atomic E-state index is -0.00335. The van der Waals surface area contributed by atoms with Crippen LogP contribution in [0.25, 0.3) is 0 Å². The Morgan fingerprint density at radius 1 is 1.10 bits per heavy atom. The molecule has 6 nitrogen and oxygen atoms in total. The number of anilines is 1. The molecule has 1 fully saturated rings. The molecule has 0 spiro atoms. The van der Waals surface area contributed by atoms with E-state index in [9.17, 15) is 9.59 Å². The molecule has 6 heteroatoms. The number of rotatable bonds is 6. The maximum Gasteiger partial charge on any atom is 0.249 e. The van der Waals surface area contributed by atoms with Gasteiger partial charge in [0, 0.05) is 31.1 Å². The first-order chi connectivity index (χ1) is 14.2. The van der Waals surface area contributed by atoms with Crippen molar-refractivity contribution in [1.29, 1.82) is 0 Å². The van der Waals surface area contributed by atoms with Crippen LogP contribution in [0.4, 0.5) is 5.82 Å². The Morgan fingerprint density at radius 2 is 1.90 bits per heavy atom. The van der Waals surface area contributed by atoms with E-state index in [4.69, 9.17) is 0 Å². The second-order valence-electron chi connectivity index (χ2n) is 7.84. The summed E-state index contributed by atoms with van der Waals surface area (Å²) in [5.74, 6) is 0.943. The number of allylic oxidation sites excluding steroid dienone is 1. The molecule has 0 saturated carbocycles. The van der Waals surface area contributed by atoms with Crippen LogP contribution in [0.2, 0.25) is 0 Å². The molecule has 4 rings (SSSR count). The Balaban J connectivity index is 1.30. The second-order valence-corrected chi connectivity index (χ2v) is 7.84. The molecule has 1 N–H and O–H groups in total. The number of carbonyl (C=O) groups excluding carboxylic acids is 2. The number of aromatic nitrogens is 2. The molecule has 2 heterocycles. The molecule has 0 bridgehead atoms. The van der Waals surface area contributed by atoms with Crippen LogP contribution < -0.4 is 5.32 Å². The summed E-state index contributed by atoms with van der Waals surface area (Å²) in [6.07, 6.45) is 9.72. The van der Waals surface area contributed by atoms with Crippen LogP contribution in [-0.4, -0.2) is 39.6 Å². The first kappa shape index (κ1) is 19.4. The summed E-state index contributed by atoms with van der Waals surface area (Å²) < 4.78 is 1.91. The lowest BCUT2D eigenvalue weighted by Gasteiger charge is -2.33. The van der Waals surface area contributed by atoms with Crippen molar-refractivity contribution >= 4 is 17.6 Å². The van der Waals surface area contributed by atoms with E-state index in [1.165, 1.54) is 0 Å². The standard InChI is InChI=1S/C23H28N4O2/c28-22(11-10-18-6-2-1-3-7-18)25-21-12-15-24-27(21)20-13-16-26(17-14-20)23(29)19-8-4-5-9-19/h1-3,6-8,12,15,20H,4-5,9-11,13-14,16-17H2,(H,25,28). The van der Waals surface area contributed by atoms with Crippen molar-refractivity contribution < 1.29 is 9.59 Å². The fourth-order valence-corrected chi connectivity index (χ4v) is 4.19. The molecule has 152 valence electrons. The minimum absolute atomic E-state index is 0.00335. The molecule has 1 aliphatic heterocycles. The van der Waals surface area contributed by atoms with E-state index < -0.39 is 0 Å². The quantitative estimate of drug-likeness (QED) is 0.815. The van der Waals surface area contributed by atoms with E-state index >= 15 is 0 Å². The highest BCUT2D eigenvalue weighted by molar-refractivity contribution is 5.94. The van der Waals surface area contributed by atoms with Gasteiger partial charge in [-0.25, -0.2) is 4.68 Å². The predicted molar refractivity (Wildman–Crippen MR) is 112 cm³/mol. The number of benzene rings is 1. The third-order valence-corrected chi connectivity index (χ3v) is 5.83. The van der Waals surface area contributed by atoms with E-state index in [-0.39, 0.29) is 17.9 Å². The number of carbonyl (C=O) groups is 2. The smallest absolute Gasteiger partial charge is 0.249 e. The molecule has 1 aromatic heterocycles. The summed E-state index contributed by atoms with van der Waals surface area (Å²) in [5.41, 5.74) is 2.14. The minimum Gasteiger partial charge on any atom is -0.339 e. The van der Waals surface area contributed by atoms with Gasteiger partial charge in [0.2, 0.25) is 11.8 Å². The Bertz CT molecular complexity index is 879. The summed E-state index contributed by atoms with van der Waals surface area (Å²) in [5, 5.41) is 7.45. The van der Waals surface area contributed by atoms with Gasteiger partial charge in [-0.3, -0.25) is 9.59 Å². The van der Waals surface area contributed by atoms with Gasteiger partial charge < -0.3 is 10.2 Å². The first-order valence-corrected chi connectivity index (χ1v) is 10.6. The third kappa shape index (κ3) is 4.75. The molecule has 2 amide bonds. The van der Waals surface area contributed by atoms with E-state index in [1.807, 2.05) is 46.0 Å². The average molecular weight is 393 g/mol. The van der Waals surface area contributed by atoms with Gasteiger partial charge in [-0.1, -0.05) is 36.4 Å². The summed E-state index contributed by atoms with van der Waals surface area (Å²) >= 11 is 0. The van der Waals surface area contributed by atoms with Crippen LogP contribution >= 0.6 is 0 Å². The fourth-order valence-electron chi connectivity index (χ4n) is 4.19. The number of hydrogen-bond acceptors (Lipinski definition) is 3. The number of nitrogens with zero attached hydrogens (tertiary/aromatic N) is 3. The zero-order valence-corrected chi connectivity index (χ0v) is 16.7. The molecule has 2 aromatic rings. The van der Waals surface area contributed by atoms with Crippen molar-refractivity contribution in [2.45, 2.75) is 51.0 Å². The highest BCUT2D eigenvalue weighted by Crippen LogP contribution is 2.28. The number of likely N-dealkylation sites (tertiary alicyclic amines) is 1. The van der Waals surface area contributed by atoms with Crippen molar-refractivity contribution in [2.24, 2.45) is 0 Å². The van der Waals surface area contributed by atoms with Gasteiger partial charge in [0.05, 0.1) is 12.2 Å². The number of piperidine rings is 1. The zero-order chi connectivity index (χ0) is 20.1. The van der Waals surface area contributed by atoms with Crippen LogP contribution in [0, 0.1) is 0 Å². The molecule has 0 atom stereocenters.